The lowest BCUT2D eigenvalue weighted by Crippen LogP contribution is -2.34. The molecule has 2 aromatic heterocycles. The normalized spacial score (nSPS) is 12.4. The van der Waals surface area contributed by atoms with Crippen LogP contribution in [-0.2, 0) is 13.5 Å². The lowest BCUT2D eigenvalue weighted by atomic mass is 10.2. The number of carbonyl (C=O) groups is 1. The van der Waals surface area contributed by atoms with Crippen LogP contribution in [0, 0.1) is 6.92 Å². The fourth-order valence-electron chi connectivity index (χ4n) is 1.53. The van der Waals surface area contributed by atoms with Crippen LogP contribution in [0.4, 0.5) is 0 Å². The summed E-state index contributed by atoms with van der Waals surface area (Å²) >= 11 is 0. The number of amides is 1. The SMILES string of the molecule is Cc1nc(C(=O)N[C@H](C)Cc2cn(C)nn2)no1. The van der Waals surface area contributed by atoms with Crippen LogP contribution in [0.5, 0.6) is 0 Å². The summed E-state index contributed by atoms with van der Waals surface area (Å²) in [5, 5.41) is 14.1. The van der Waals surface area contributed by atoms with Gasteiger partial charge in [0.1, 0.15) is 0 Å². The Morgan fingerprint density at radius 2 is 2.39 bits per heavy atom. The van der Waals surface area contributed by atoms with E-state index in [0.29, 0.717) is 12.3 Å². The summed E-state index contributed by atoms with van der Waals surface area (Å²) in [6.07, 6.45) is 2.40. The van der Waals surface area contributed by atoms with Crippen molar-refractivity contribution in [3.63, 3.8) is 0 Å². The van der Waals surface area contributed by atoms with E-state index in [-0.39, 0.29) is 17.8 Å². The zero-order valence-electron chi connectivity index (χ0n) is 10.4. The predicted molar refractivity (Wildman–Crippen MR) is 60.7 cm³/mol. The van der Waals surface area contributed by atoms with Crippen LogP contribution < -0.4 is 5.32 Å². The lowest BCUT2D eigenvalue weighted by molar-refractivity contribution is 0.0926. The zero-order chi connectivity index (χ0) is 13.1. The number of rotatable bonds is 4. The van der Waals surface area contributed by atoms with Crippen molar-refractivity contribution in [2.24, 2.45) is 7.05 Å². The topological polar surface area (TPSA) is 98.7 Å². The van der Waals surface area contributed by atoms with E-state index in [9.17, 15) is 4.79 Å². The van der Waals surface area contributed by atoms with Crippen LogP contribution in [-0.4, -0.2) is 37.1 Å². The Balaban J connectivity index is 1.91. The number of nitrogens with one attached hydrogen (secondary N) is 1. The minimum absolute atomic E-state index is 0.0403. The summed E-state index contributed by atoms with van der Waals surface area (Å²) in [4.78, 5) is 15.6. The largest absolute Gasteiger partial charge is 0.346 e. The summed E-state index contributed by atoms with van der Waals surface area (Å²) in [6.45, 7) is 3.51. The molecule has 1 amide bonds. The molecule has 96 valence electrons. The van der Waals surface area contributed by atoms with E-state index in [4.69, 9.17) is 4.52 Å². The van der Waals surface area contributed by atoms with E-state index < -0.39 is 0 Å². The van der Waals surface area contributed by atoms with Crippen LogP contribution in [0.15, 0.2) is 10.7 Å². The first-order chi connectivity index (χ1) is 8.54. The van der Waals surface area contributed by atoms with Gasteiger partial charge in [-0.25, -0.2) is 0 Å². The molecule has 0 unspecified atom stereocenters. The molecule has 2 heterocycles. The average molecular weight is 250 g/mol. The van der Waals surface area contributed by atoms with Gasteiger partial charge in [0.2, 0.25) is 5.89 Å². The van der Waals surface area contributed by atoms with Gasteiger partial charge < -0.3 is 9.84 Å². The highest BCUT2D eigenvalue weighted by molar-refractivity contribution is 5.90. The average Bonchev–Trinajstić information content (AvgIpc) is 2.87. The van der Waals surface area contributed by atoms with Crippen molar-refractivity contribution in [1.82, 2.24) is 30.5 Å². The van der Waals surface area contributed by atoms with E-state index in [1.807, 2.05) is 6.92 Å². The standard InChI is InChI=1S/C10H14N6O2/c1-6(4-8-5-16(3)15-13-8)11-10(17)9-12-7(2)18-14-9/h5-6H,4H2,1-3H3,(H,11,17)/t6-/m1/s1. The fourth-order valence-corrected chi connectivity index (χ4v) is 1.53. The zero-order valence-corrected chi connectivity index (χ0v) is 10.4. The highest BCUT2D eigenvalue weighted by Crippen LogP contribution is 2.00. The summed E-state index contributed by atoms with van der Waals surface area (Å²) in [7, 11) is 1.79. The molecule has 0 bridgehead atoms. The van der Waals surface area contributed by atoms with E-state index in [1.54, 1.807) is 24.9 Å². The Morgan fingerprint density at radius 1 is 1.61 bits per heavy atom. The number of hydrogen-bond donors (Lipinski definition) is 1. The molecule has 8 nitrogen and oxygen atoms in total. The van der Waals surface area contributed by atoms with E-state index >= 15 is 0 Å². The molecular formula is C10H14N6O2. The molecule has 0 radical (unpaired) electrons. The van der Waals surface area contributed by atoms with E-state index in [2.05, 4.69) is 25.8 Å². The number of aryl methyl sites for hydroxylation is 2. The molecule has 8 heteroatoms. The molecule has 1 N–H and O–H groups in total. The molecule has 0 aliphatic carbocycles. The maximum absolute atomic E-state index is 11.7. The molecule has 0 fully saturated rings. The predicted octanol–water partition coefficient (Wildman–Crippen LogP) is -0.132. The monoisotopic (exact) mass is 250 g/mol. The minimum atomic E-state index is -0.358. The van der Waals surface area contributed by atoms with Gasteiger partial charge in [-0.1, -0.05) is 10.4 Å². The van der Waals surface area contributed by atoms with Gasteiger partial charge in [-0.15, -0.1) is 5.10 Å². The first-order valence-corrected chi connectivity index (χ1v) is 5.51. The Bertz CT molecular complexity index is 546. The Hall–Kier alpha value is -2.25. The van der Waals surface area contributed by atoms with E-state index in [1.165, 1.54) is 0 Å². The molecule has 2 rings (SSSR count). The number of nitrogens with zero attached hydrogens (tertiary/aromatic N) is 5. The molecule has 0 aliphatic heterocycles. The summed E-state index contributed by atoms with van der Waals surface area (Å²) in [5.41, 5.74) is 0.814. The number of carbonyl (C=O) groups excluding carboxylic acids is 1. The Labute approximate surface area is 103 Å². The van der Waals surface area contributed by atoms with Crippen LogP contribution >= 0.6 is 0 Å². The molecular weight excluding hydrogens is 236 g/mol. The fraction of sp³-hybridized carbons (Fsp3) is 0.500. The molecule has 0 spiro atoms. The van der Waals surface area contributed by atoms with Crippen molar-refractivity contribution >= 4 is 5.91 Å². The van der Waals surface area contributed by atoms with Crippen molar-refractivity contribution in [1.29, 1.82) is 0 Å². The maximum atomic E-state index is 11.7. The van der Waals surface area contributed by atoms with Crippen molar-refractivity contribution < 1.29 is 9.32 Å². The summed E-state index contributed by atoms with van der Waals surface area (Å²) < 4.78 is 6.36. The molecule has 0 aromatic carbocycles. The van der Waals surface area contributed by atoms with Gasteiger partial charge in [-0.3, -0.25) is 9.48 Å². The van der Waals surface area contributed by atoms with Crippen molar-refractivity contribution in [2.45, 2.75) is 26.3 Å². The molecule has 0 saturated heterocycles. The highest BCUT2D eigenvalue weighted by Gasteiger charge is 2.16. The maximum Gasteiger partial charge on any atom is 0.292 e. The van der Waals surface area contributed by atoms with Gasteiger partial charge in [0.15, 0.2) is 0 Å². The van der Waals surface area contributed by atoms with Gasteiger partial charge in [0, 0.05) is 32.6 Å². The van der Waals surface area contributed by atoms with Gasteiger partial charge >= 0.3 is 0 Å². The Kier molecular flexibility index (Phi) is 3.35. The smallest absolute Gasteiger partial charge is 0.292 e. The molecule has 0 aliphatic rings. The molecule has 0 saturated carbocycles. The van der Waals surface area contributed by atoms with Gasteiger partial charge in [-0.05, 0) is 6.92 Å². The minimum Gasteiger partial charge on any atom is -0.346 e. The third kappa shape index (κ3) is 2.90. The number of hydrogen-bond acceptors (Lipinski definition) is 6. The number of aromatic nitrogens is 5. The van der Waals surface area contributed by atoms with Crippen LogP contribution in [0.1, 0.15) is 29.1 Å². The van der Waals surface area contributed by atoms with Crippen LogP contribution in [0.25, 0.3) is 0 Å². The van der Waals surface area contributed by atoms with Crippen molar-refractivity contribution in [3.8, 4) is 0 Å². The first-order valence-electron chi connectivity index (χ1n) is 5.51. The van der Waals surface area contributed by atoms with Crippen LogP contribution in [0.2, 0.25) is 0 Å². The Morgan fingerprint density at radius 3 is 2.94 bits per heavy atom. The van der Waals surface area contributed by atoms with Gasteiger partial charge in [-0.2, -0.15) is 4.98 Å². The van der Waals surface area contributed by atoms with Crippen molar-refractivity contribution in [3.05, 3.63) is 23.6 Å². The first kappa shape index (κ1) is 12.2. The third-order valence-electron chi connectivity index (χ3n) is 2.27. The van der Waals surface area contributed by atoms with Gasteiger partial charge in [0.25, 0.3) is 11.7 Å². The van der Waals surface area contributed by atoms with Crippen molar-refractivity contribution in [2.75, 3.05) is 0 Å². The lowest BCUT2D eigenvalue weighted by Gasteiger charge is -2.09. The second-order valence-corrected chi connectivity index (χ2v) is 4.10. The second-order valence-electron chi connectivity index (χ2n) is 4.10. The third-order valence-corrected chi connectivity index (χ3v) is 2.27. The molecule has 1 atom stereocenters. The summed E-state index contributed by atoms with van der Waals surface area (Å²) in [6, 6.07) is -0.0898. The van der Waals surface area contributed by atoms with Gasteiger partial charge in [0.05, 0.1) is 5.69 Å². The second kappa shape index (κ2) is 4.94. The summed E-state index contributed by atoms with van der Waals surface area (Å²) in [5.74, 6) is 0.0449. The quantitative estimate of drug-likeness (QED) is 0.811. The molecule has 2 aromatic rings. The molecule has 18 heavy (non-hydrogen) atoms. The highest BCUT2D eigenvalue weighted by atomic mass is 16.5. The van der Waals surface area contributed by atoms with Crippen LogP contribution in [0.3, 0.4) is 0 Å². The van der Waals surface area contributed by atoms with E-state index in [0.717, 1.165) is 5.69 Å².